The first-order valence-electron chi connectivity index (χ1n) is 10.2. The normalized spacial score (nSPS) is 10.6. The van der Waals surface area contributed by atoms with Crippen LogP contribution in [-0.4, -0.2) is 30.2 Å². The Bertz CT molecular complexity index is 1170. The molecule has 0 aliphatic heterocycles. The van der Waals surface area contributed by atoms with Crippen molar-refractivity contribution in [3.8, 4) is 22.8 Å². The molecule has 4 rings (SSSR count). The van der Waals surface area contributed by atoms with Crippen LogP contribution < -0.4 is 9.47 Å². The third-order valence-electron chi connectivity index (χ3n) is 5.11. The van der Waals surface area contributed by atoms with Gasteiger partial charge in [0.25, 0.3) is 5.91 Å². The summed E-state index contributed by atoms with van der Waals surface area (Å²) in [5, 5.41) is 4.22. The van der Waals surface area contributed by atoms with Crippen molar-refractivity contribution in [2.24, 2.45) is 0 Å². The van der Waals surface area contributed by atoms with Gasteiger partial charge in [-0.05, 0) is 35.9 Å². The van der Waals surface area contributed by atoms with Crippen LogP contribution in [0.25, 0.3) is 11.3 Å². The third-order valence-corrected chi connectivity index (χ3v) is 5.11. The fourth-order valence-electron chi connectivity index (χ4n) is 3.48. The Hall–Kier alpha value is -4.06. The number of carbonyl (C=O) groups is 1. The van der Waals surface area contributed by atoms with Gasteiger partial charge in [0.2, 0.25) is 0 Å². The van der Waals surface area contributed by atoms with Gasteiger partial charge in [-0.1, -0.05) is 53.7 Å². The zero-order valence-corrected chi connectivity index (χ0v) is 18.0. The van der Waals surface area contributed by atoms with Gasteiger partial charge in [0.15, 0.2) is 5.76 Å². The molecule has 1 heterocycles. The summed E-state index contributed by atoms with van der Waals surface area (Å²) in [5.74, 6) is 1.80. The fourth-order valence-corrected chi connectivity index (χ4v) is 3.48. The Morgan fingerprint density at radius 2 is 1.59 bits per heavy atom. The average molecular weight is 428 g/mol. The second-order valence-electron chi connectivity index (χ2n) is 7.26. The Morgan fingerprint density at radius 3 is 2.28 bits per heavy atom. The van der Waals surface area contributed by atoms with E-state index < -0.39 is 0 Å². The molecule has 3 aromatic carbocycles. The van der Waals surface area contributed by atoms with Crippen molar-refractivity contribution in [3.63, 3.8) is 0 Å². The van der Waals surface area contributed by atoms with Crippen molar-refractivity contribution in [1.29, 1.82) is 0 Å². The number of hydrogen-bond donors (Lipinski definition) is 0. The van der Waals surface area contributed by atoms with E-state index in [0.717, 1.165) is 11.1 Å². The maximum atomic E-state index is 13.2. The smallest absolute Gasteiger partial charge is 0.254 e. The van der Waals surface area contributed by atoms with Crippen LogP contribution in [0.2, 0.25) is 0 Å². The molecule has 0 saturated heterocycles. The minimum Gasteiger partial charge on any atom is -0.497 e. The molecule has 0 radical (unpaired) electrons. The first-order chi connectivity index (χ1) is 15.7. The minimum atomic E-state index is -0.0713. The molecule has 0 spiro atoms. The van der Waals surface area contributed by atoms with Crippen molar-refractivity contribution >= 4 is 5.91 Å². The van der Waals surface area contributed by atoms with Crippen LogP contribution in [0, 0.1) is 0 Å². The van der Waals surface area contributed by atoms with Gasteiger partial charge < -0.3 is 18.9 Å². The Morgan fingerprint density at radius 1 is 0.875 bits per heavy atom. The summed E-state index contributed by atoms with van der Waals surface area (Å²) in [6.07, 6.45) is 0. The van der Waals surface area contributed by atoms with Crippen LogP contribution in [0.3, 0.4) is 0 Å². The zero-order valence-electron chi connectivity index (χ0n) is 18.0. The number of rotatable bonds is 8. The predicted octanol–water partition coefficient (Wildman–Crippen LogP) is 5.20. The van der Waals surface area contributed by atoms with Crippen molar-refractivity contribution in [3.05, 3.63) is 102 Å². The van der Waals surface area contributed by atoms with E-state index in [-0.39, 0.29) is 5.91 Å². The van der Waals surface area contributed by atoms with E-state index in [0.29, 0.717) is 41.6 Å². The lowest BCUT2D eigenvalue weighted by molar-refractivity contribution is 0.0726. The van der Waals surface area contributed by atoms with Crippen molar-refractivity contribution < 1.29 is 18.8 Å². The highest BCUT2D eigenvalue weighted by atomic mass is 16.5. The van der Waals surface area contributed by atoms with Crippen LogP contribution in [0.15, 0.2) is 89.5 Å². The van der Waals surface area contributed by atoms with E-state index in [1.54, 1.807) is 19.1 Å². The summed E-state index contributed by atoms with van der Waals surface area (Å²) in [5.41, 5.74) is 3.04. The molecule has 0 aliphatic carbocycles. The van der Waals surface area contributed by atoms with Crippen LogP contribution in [0.5, 0.6) is 11.5 Å². The molecule has 0 atom stereocenters. The molecule has 0 N–H and O–H groups in total. The SMILES string of the molecule is COc1ccc(OC)c(-c2cc(CN(Cc3ccccc3)C(=O)c3ccccc3)no2)c1. The number of nitrogens with zero attached hydrogens (tertiary/aromatic N) is 2. The molecule has 6 nitrogen and oxygen atoms in total. The summed E-state index contributed by atoms with van der Waals surface area (Å²) < 4.78 is 16.4. The first-order valence-corrected chi connectivity index (χ1v) is 10.2. The molecule has 1 aromatic heterocycles. The van der Waals surface area contributed by atoms with Crippen LogP contribution in [-0.2, 0) is 13.1 Å². The second kappa shape index (κ2) is 9.83. The number of methoxy groups -OCH3 is 2. The molecule has 0 fully saturated rings. The highest BCUT2D eigenvalue weighted by molar-refractivity contribution is 5.94. The molecular weight excluding hydrogens is 404 g/mol. The molecular formula is C26H24N2O4. The second-order valence-corrected chi connectivity index (χ2v) is 7.26. The van der Waals surface area contributed by atoms with Gasteiger partial charge in [0.05, 0.1) is 26.3 Å². The Kier molecular flexibility index (Phi) is 6.51. The maximum absolute atomic E-state index is 13.2. The van der Waals surface area contributed by atoms with Gasteiger partial charge in [-0.3, -0.25) is 4.79 Å². The van der Waals surface area contributed by atoms with E-state index in [1.807, 2.05) is 84.9 Å². The van der Waals surface area contributed by atoms with E-state index in [1.165, 1.54) is 0 Å². The van der Waals surface area contributed by atoms with Crippen molar-refractivity contribution in [2.75, 3.05) is 14.2 Å². The third kappa shape index (κ3) is 4.81. The average Bonchev–Trinajstić information content (AvgIpc) is 3.32. The van der Waals surface area contributed by atoms with E-state index in [9.17, 15) is 4.79 Å². The summed E-state index contributed by atoms with van der Waals surface area (Å²) in [7, 11) is 3.21. The summed E-state index contributed by atoms with van der Waals surface area (Å²) in [6, 6.07) is 26.4. The minimum absolute atomic E-state index is 0.0713. The molecule has 0 aliphatic rings. The molecule has 4 aromatic rings. The Labute approximate surface area is 187 Å². The molecule has 6 heteroatoms. The standard InChI is InChI=1S/C26H24N2O4/c1-30-22-13-14-24(31-2)23(16-22)25-15-21(27-32-25)18-28(17-19-9-5-3-6-10-19)26(29)20-11-7-4-8-12-20/h3-16H,17-18H2,1-2H3. The van der Waals surface area contributed by atoms with E-state index in [4.69, 9.17) is 14.0 Å². The van der Waals surface area contributed by atoms with Crippen LogP contribution >= 0.6 is 0 Å². The zero-order chi connectivity index (χ0) is 22.3. The number of hydrogen-bond acceptors (Lipinski definition) is 5. The fraction of sp³-hybridized carbons (Fsp3) is 0.154. The quantitative estimate of drug-likeness (QED) is 0.386. The monoisotopic (exact) mass is 428 g/mol. The number of amides is 1. The lowest BCUT2D eigenvalue weighted by Crippen LogP contribution is -2.30. The summed E-state index contributed by atoms with van der Waals surface area (Å²) in [6.45, 7) is 0.762. The number of aromatic nitrogens is 1. The van der Waals surface area contributed by atoms with Crippen LogP contribution in [0.1, 0.15) is 21.6 Å². The highest BCUT2D eigenvalue weighted by Gasteiger charge is 2.20. The van der Waals surface area contributed by atoms with Gasteiger partial charge in [0, 0.05) is 18.2 Å². The largest absolute Gasteiger partial charge is 0.497 e. The van der Waals surface area contributed by atoms with Gasteiger partial charge in [-0.15, -0.1) is 0 Å². The lowest BCUT2D eigenvalue weighted by atomic mass is 10.1. The summed E-state index contributed by atoms with van der Waals surface area (Å²) >= 11 is 0. The first kappa shape index (κ1) is 21.2. The molecule has 32 heavy (non-hydrogen) atoms. The van der Waals surface area contributed by atoms with E-state index >= 15 is 0 Å². The molecule has 0 bridgehead atoms. The van der Waals surface area contributed by atoms with Gasteiger partial charge in [-0.2, -0.15) is 0 Å². The maximum Gasteiger partial charge on any atom is 0.254 e. The van der Waals surface area contributed by atoms with Gasteiger partial charge in [-0.25, -0.2) is 0 Å². The van der Waals surface area contributed by atoms with Gasteiger partial charge in [0.1, 0.15) is 17.2 Å². The van der Waals surface area contributed by atoms with Crippen LogP contribution in [0.4, 0.5) is 0 Å². The van der Waals surface area contributed by atoms with Crippen molar-refractivity contribution in [2.45, 2.75) is 13.1 Å². The number of carbonyl (C=O) groups excluding carboxylic acids is 1. The van der Waals surface area contributed by atoms with Crippen molar-refractivity contribution in [1.82, 2.24) is 10.1 Å². The summed E-state index contributed by atoms with van der Waals surface area (Å²) in [4.78, 5) is 15.0. The van der Waals surface area contributed by atoms with Gasteiger partial charge >= 0.3 is 0 Å². The number of benzene rings is 3. The molecule has 0 saturated carbocycles. The Balaban J connectivity index is 1.62. The van der Waals surface area contributed by atoms with E-state index in [2.05, 4.69) is 5.16 Å². The number of ether oxygens (including phenoxy) is 2. The molecule has 0 unspecified atom stereocenters. The molecule has 162 valence electrons. The highest BCUT2D eigenvalue weighted by Crippen LogP contribution is 2.34. The lowest BCUT2D eigenvalue weighted by Gasteiger charge is -2.22. The molecule has 1 amide bonds. The predicted molar refractivity (Wildman–Crippen MR) is 122 cm³/mol. The topological polar surface area (TPSA) is 64.8 Å².